The SMILES string of the molecule is CC(=O)N1CCC(CNc2ncnc(N3CCCCC3c3ccc(C(F)(F)F)cc3)c2F)CC1. The molecule has 0 saturated carbocycles. The lowest BCUT2D eigenvalue weighted by atomic mass is 9.94. The number of nitrogens with zero attached hydrogens (tertiary/aromatic N) is 4. The topological polar surface area (TPSA) is 61.4 Å². The van der Waals surface area contributed by atoms with Crippen molar-refractivity contribution in [1.29, 1.82) is 0 Å². The van der Waals surface area contributed by atoms with Crippen LogP contribution < -0.4 is 10.2 Å². The molecule has 1 aromatic heterocycles. The minimum atomic E-state index is -4.40. The van der Waals surface area contributed by atoms with Gasteiger partial charge in [-0.2, -0.15) is 17.6 Å². The smallest absolute Gasteiger partial charge is 0.367 e. The molecule has 0 spiro atoms. The van der Waals surface area contributed by atoms with Gasteiger partial charge in [0.1, 0.15) is 6.33 Å². The summed E-state index contributed by atoms with van der Waals surface area (Å²) in [6.07, 6.45) is 1.05. The summed E-state index contributed by atoms with van der Waals surface area (Å²) < 4.78 is 54.3. The Balaban J connectivity index is 1.47. The number of anilines is 2. The van der Waals surface area contributed by atoms with Crippen LogP contribution in [-0.2, 0) is 11.0 Å². The molecule has 4 rings (SSSR count). The van der Waals surface area contributed by atoms with Crippen molar-refractivity contribution in [3.63, 3.8) is 0 Å². The van der Waals surface area contributed by atoms with Crippen LogP contribution in [0.2, 0.25) is 0 Å². The van der Waals surface area contributed by atoms with Crippen LogP contribution in [0.1, 0.15) is 56.2 Å². The van der Waals surface area contributed by atoms with Gasteiger partial charge in [-0.15, -0.1) is 0 Å². The zero-order valence-electron chi connectivity index (χ0n) is 19.1. The van der Waals surface area contributed by atoms with Crippen LogP contribution in [0, 0.1) is 11.7 Å². The second kappa shape index (κ2) is 10.1. The van der Waals surface area contributed by atoms with E-state index in [1.807, 2.05) is 9.80 Å². The third kappa shape index (κ3) is 5.42. The molecule has 0 radical (unpaired) electrons. The first-order chi connectivity index (χ1) is 16.2. The standard InChI is InChI=1S/C24H29F4N5O/c1-16(34)32-12-9-17(10-13-32)14-29-22-21(25)23(31-15-30-22)33-11-3-2-4-20(33)18-5-7-19(8-6-18)24(26,27)28/h5-8,15,17,20H,2-4,9-14H2,1H3,(H,29,30,31). The van der Waals surface area contributed by atoms with Gasteiger partial charge in [-0.1, -0.05) is 12.1 Å². The molecule has 3 heterocycles. The fourth-order valence-electron chi connectivity index (χ4n) is 4.80. The van der Waals surface area contributed by atoms with Gasteiger partial charge in [0.2, 0.25) is 11.7 Å². The van der Waals surface area contributed by atoms with Crippen LogP contribution in [0.15, 0.2) is 30.6 Å². The van der Waals surface area contributed by atoms with Crippen LogP contribution >= 0.6 is 0 Å². The fraction of sp³-hybridized carbons (Fsp3) is 0.542. The molecule has 1 atom stereocenters. The molecule has 6 nitrogen and oxygen atoms in total. The molecule has 1 N–H and O–H groups in total. The number of likely N-dealkylation sites (tertiary alicyclic amines) is 1. The molecule has 0 bridgehead atoms. The average Bonchev–Trinajstić information content (AvgIpc) is 2.83. The van der Waals surface area contributed by atoms with E-state index in [1.54, 1.807) is 6.92 Å². The molecular weight excluding hydrogens is 450 g/mol. The summed E-state index contributed by atoms with van der Waals surface area (Å²) >= 11 is 0. The predicted octanol–water partition coefficient (Wildman–Crippen LogP) is 5.04. The second-order valence-electron chi connectivity index (χ2n) is 9.01. The Labute approximate surface area is 196 Å². The maximum Gasteiger partial charge on any atom is 0.416 e. The fourth-order valence-corrected chi connectivity index (χ4v) is 4.80. The third-order valence-electron chi connectivity index (χ3n) is 6.79. The van der Waals surface area contributed by atoms with E-state index in [0.717, 1.165) is 37.8 Å². The van der Waals surface area contributed by atoms with Crippen LogP contribution in [0.25, 0.3) is 0 Å². The molecule has 1 unspecified atom stereocenters. The molecule has 184 valence electrons. The van der Waals surface area contributed by atoms with Gasteiger partial charge in [0, 0.05) is 33.1 Å². The van der Waals surface area contributed by atoms with E-state index in [0.29, 0.717) is 44.1 Å². The molecule has 0 aliphatic carbocycles. The Morgan fingerprint density at radius 2 is 1.76 bits per heavy atom. The second-order valence-corrected chi connectivity index (χ2v) is 9.01. The Bertz CT molecular complexity index is 990. The van der Waals surface area contributed by atoms with Gasteiger partial charge in [-0.3, -0.25) is 4.79 Å². The van der Waals surface area contributed by atoms with E-state index < -0.39 is 17.6 Å². The van der Waals surface area contributed by atoms with E-state index in [9.17, 15) is 18.0 Å². The van der Waals surface area contributed by atoms with Gasteiger partial charge in [0.25, 0.3) is 0 Å². The van der Waals surface area contributed by atoms with Crippen molar-refractivity contribution in [2.75, 3.05) is 36.4 Å². The number of hydrogen-bond acceptors (Lipinski definition) is 5. The number of piperidine rings is 2. The lowest BCUT2D eigenvalue weighted by Gasteiger charge is -2.37. The molecule has 1 amide bonds. The van der Waals surface area contributed by atoms with Crippen LogP contribution in [-0.4, -0.2) is 47.0 Å². The third-order valence-corrected chi connectivity index (χ3v) is 6.79. The minimum Gasteiger partial charge on any atom is -0.367 e. The van der Waals surface area contributed by atoms with Crippen molar-refractivity contribution < 1.29 is 22.4 Å². The Hall–Kier alpha value is -2.91. The zero-order valence-corrected chi connectivity index (χ0v) is 19.1. The Morgan fingerprint density at radius 1 is 1.06 bits per heavy atom. The molecule has 2 fully saturated rings. The summed E-state index contributed by atoms with van der Waals surface area (Å²) in [5, 5.41) is 3.10. The average molecular weight is 480 g/mol. The van der Waals surface area contributed by atoms with Crippen molar-refractivity contribution in [2.45, 2.75) is 51.2 Å². The first-order valence-corrected chi connectivity index (χ1v) is 11.7. The highest BCUT2D eigenvalue weighted by Crippen LogP contribution is 2.37. The summed E-state index contributed by atoms with van der Waals surface area (Å²) in [5.41, 5.74) is 0.00454. The summed E-state index contributed by atoms with van der Waals surface area (Å²) in [7, 11) is 0. The highest BCUT2D eigenvalue weighted by atomic mass is 19.4. The molecule has 2 saturated heterocycles. The van der Waals surface area contributed by atoms with Crippen LogP contribution in [0.5, 0.6) is 0 Å². The highest BCUT2D eigenvalue weighted by Gasteiger charge is 2.32. The lowest BCUT2D eigenvalue weighted by molar-refractivity contribution is -0.137. The minimum absolute atomic E-state index is 0.0713. The van der Waals surface area contributed by atoms with Gasteiger partial charge < -0.3 is 15.1 Å². The zero-order chi connectivity index (χ0) is 24.3. The quantitative estimate of drug-likeness (QED) is 0.609. The lowest BCUT2D eigenvalue weighted by Crippen LogP contribution is -2.38. The summed E-state index contributed by atoms with van der Waals surface area (Å²) in [6.45, 7) is 4.06. The number of rotatable bonds is 5. The number of alkyl halides is 3. The van der Waals surface area contributed by atoms with Crippen molar-refractivity contribution in [2.24, 2.45) is 5.92 Å². The van der Waals surface area contributed by atoms with Crippen molar-refractivity contribution in [1.82, 2.24) is 14.9 Å². The van der Waals surface area contributed by atoms with E-state index in [1.165, 1.54) is 18.5 Å². The molecule has 2 aliphatic rings. The number of benzene rings is 1. The van der Waals surface area contributed by atoms with Crippen molar-refractivity contribution in [3.8, 4) is 0 Å². The largest absolute Gasteiger partial charge is 0.416 e. The van der Waals surface area contributed by atoms with E-state index in [4.69, 9.17) is 0 Å². The van der Waals surface area contributed by atoms with E-state index >= 15 is 4.39 Å². The molecule has 2 aliphatic heterocycles. The summed E-state index contributed by atoms with van der Waals surface area (Å²) in [6, 6.07) is 4.82. The molecule has 10 heteroatoms. The van der Waals surface area contributed by atoms with Gasteiger partial charge in [-0.05, 0) is 55.7 Å². The van der Waals surface area contributed by atoms with Gasteiger partial charge >= 0.3 is 6.18 Å². The number of amides is 1. The maximum absolute atomic E-state index is 15.5. The van der Waals surface area contributed by atoms with Gasteiger partial charge in [0.05, 0.1) is 11.6 Å². The van der Waals surface area contributed by atoms with Crippen LogP contribution in [0.3, 0.4) is 0 Å². The number of hydrogen-bond donors (Lipinski definition) is 1. The Morgan fingerprint density at radius 3 is 2.41 bits per heavy atom. The summed E-state index contributed by atoms with van der Waals surface area (Å²) in [4.78, 5) is 23.4. The number of halogens is 4. The van der Waals surface area contributed by atoms with Crippen molar-refractivity contribution >= 4 is 17.5 Å². The first kappa shape index (κ1) is 24.2. The monoisotopic (exact) mass is 479 g/mol. The summed E-state index contributed by atoms with van der Waals surface area (Å²) in [5.74, 6) is 0.108. The predicted molar refractivity (Wildman–Crippen MR) is 121 cm³/mol. The van der Waals surface area contributed by atoms with Gasteiger partial charge in [0.15, 0.2) is 11.6 Å². The highest BCUT2D eigenvalue weighted by molar-refractivity contribution is 5.73. The van der Waals surface area contributed by atoms with Gasteiger partial charge in [-0.25, -0.2) is 9.97 Å². The number of carbonyl (C=O) groups excluding carboxylic acids is 1. The normalized spacial score (nSPS) is 19.9. The number of aromatic nitrogens is 2. The Kier molecular flexibility index (Phi) is 7.23. The number of carbonyl (C=O) groups is 1. The molecular formula is C24H29F4N5O. The van der Waals surface area contributed by atoms with Crippen molar-refractivity contribution in [3.05, 3.63) is 47.5 Å². The van der Waals surface area contributed by atoms with Crippen LogP contribution in [0.4, 0.5) is 29.2 Å². The maximum atomic E-state index is 15.5. The first-order valence-electron chi connectivity index (χ1n) is 11.7. The molecule has 2 aromatic rings. The number of nitrogens with one attached hydrogen (secondary N) is 1. The molecule has 1 aromatic carbocycles. The van der Waals surface area contributed by atoms with E-state index in [-0.39, 0.29) is 23.6 Å². The molecule has 34 heavy (non-hydrogen) atoms. The van der Waals surface area contributed by atoms with E-state index in [2.05, 4.69) is 15.3 Å².